The standard InChI is InChI=1S/C9H12N2O/c1-7(11-12)8-5-3-4-6-9(8)10-2/h3-6,10,12H,1-2H3/b11-7+. The number of hydrogen-bond donors (Lipinski definition) is 2. The van der Waals surface area contributed by atoms with Crippen LogP contribution in [0, 0.1) is 0 Å². The molecule has 2 N–H and O–H groups in total. The molecule has 0 atom stereocenters. The van der Waals surface area contributed by atoms with Crippen molar-refractivity contribution in [3.63, 3.8) is 0 Å². The predicted octanol–water partition coefficient (Wildman–Crippen LogP) is 1.93. The van der Waals surface area contributed by atoms with Gasteiger partial charge in [0.1, 0.15) is 0 Å². The van der Waals surface area contributed by atoms with Crippen molar-refractivity contribution < 1.29 is 5.21 Å². The van der Waals surface area contributed by atoms with Crippen LogP contribution in [0.1, 0.15) is 12.5 Å². The molecular formula is C9H12N2O. The molecular weight excluding hydrogens is 152 g/mol. The summed E-state index contributed by atoms with van der Waals surface area (Å²) in [6.45, 7) is 1.76. The maximum atomic E-state index is 8.57. The van der Waals surface area contributed by atoms with Crippen molar-refractivity contribution in [2.24, 2.45) is 5.16 Å². The highest BCUT2D eigenvalue weighted by atomic mass is 16.4. The van der Waals surface area contributed by atoms with Gasteiger partial charge in [0.2, 0.25) is 0 Å². The highest BCUT2D eigenvalue weighted by Crippen LogP contribution is 2.14. The molecule has 64 valence electrons. The van der Waals surface area contributed by atoms with E-state index in [1.807, 2.05) is 31.3 Å². The average Bonchev–Trinajstić information content (AvgIpc) is 2.16. The van der Waals surface area contributed by atoms with E-state index >= 15 is 0 Å². The Labute approximate surface area is 71.7 Å². The maximum Gasteiger partial charge on any atom is 0.0857 e. The number of benzene rings is 1. The Morgan fingerprint density at radius 3 is 2.67 bits per heavy atom. The van der Waals surface area contributed by atoms with Crippen LogP contribution in [0.3, 0.4) is 0 Å². The number of hydrogen-bond acceptors (Lipinski definition) is 3. The molecule has 0 aliphatic heterocycles. The summed E-state index contributed by atoms with van der Waals surface area (Å²) in [5, 5.41) is 14.7. The number of nitrogens with one attached hydrogen (secondary N) is 1. The first-order valence-corrected chi connectivity index (χ1v) is 3.75. The van der Waals surface area contributed by atoms with Crippen molar-refractivity contribution in [1.82, 2.24) is 0 Å². The minimum atomic E-state index is 0.611. The van der Waals surface area contributed by atoms with E-state index in [0.29, 0.717) is 5.71 Å². The molecule has 1 aromatic rings. The molecule has 1 aromatic carbocycles. The lowest BCUT2D eigenvalue weighted by Gasteiger charge is -2.06. The molecule has 0 unspecified atom stereocenters. The molecule has 0 aromatic heterocycles. The van der Waals surface area contributed by atoms with Gasteiger partial charge in [-0.2, -0.15) is 0 Å². The first-order valence-electron chi connectivity index (χ1n) is 3.75. The van der Waals surface area contributed by atoms with E-state index in [-0.39, 0.29) is 0 Å². The molecule has 0 saturated carbocycles. The van der Waals surface area contributed by atoms with E-state index in [9.17, 15) is 0 Å². The molecule has 0 fully saturated rings. The van der Waals surface area contributed by atoms with Crippen LogP contribution < -0.4 is 5.32 Å². The zero-order chi connectivity index (χ0) is 8.97. The third-order valence-corrected chi connectivity index (χ3v) is 1.74. The topological polar surface area (TPSA) is 44.6 Å². The monoisotopic (exact) mass is 164 g/mol. The summed E-state index contributed by atoms with van der Waals surface area (Å²) in [6, 6.07) is 7.68. The molecule has 0 saturated heterocycles. The zero-order valence-corrected chi connectivity index (χ0v) is 7.20. The number of oxime groups is 1. The average molecular weight is 164 g/mol. The van der Waals surface area contributed by atoms with Crippen LogP contribution in [0.2, 0.25) is 0 Å². The van der Waals surface area contributed by atoms with Gasteiger partial charge in [-0.3, -0.25) is 0 Å². The van der Waals surface area contributed by atoms with Gasteiger partial charge in [-0.05, 0) is 13.0 Å². The van der Waals surface area contributed by atoms with Gasteiger partial charge >= 0.3 is 0 Å². The highest BCUT2D eigenvalue weighted by molar-refractivity contribution is 6.03. The second-order valence-electron chi connectivity index (χ2n) is 2.48. The summed E-state index contributed by atoms with van der Waals surface area (Å²) in [4.78, 5) is 0. The number of nitrogens with zero attached hydrogens (tertiary/aromatic N) is 1. The molecule has 0 bridgehead atoms. The van der Waals surface area contributed by atoms with Gasteiger partial charge in [0, 0.05) is 18.3 Å². The van der Waals surface area contributed by atoms with E-state index in [4.69, 9.17) is 5.21 Å². The van der Waals surface area contributed by atoms with Crippen molar-refractivity contribution in [2.45, 2.75) is 6.92 Å². The fourth-order valence-corrected chi connectivity index (χ4v) is 1.07. The number of rotatable bonds is 2. The van der Waals surface area contributed by atoms with Crippen LogP contribution in [-0.4, -0.2) is 18.0 Å². The second-order valence-corrected chi connectivity index (χ2v) is 2.48. The van der Waals surface area contributed by atoms with Crippen molar-refractivity contribution in [3.8, 4) is 0 Å². The van der Waals surface area contributed by atoms with Crippen LogP contribution >= 0.6 is 0 Å². The van der Waals surface area contributed by atoms with Crippen molar-refractivity contribution in [3.05, 3.63) is 29.8 Å². The molecule has 0 aliphatic rings. The van der Waals surface area contributed by atoms with E-state index in [2.05, 4.69) is 10.5 Å². The Hall–Kier alpha value is -1.51. The summed E-state index contributed by atoms with van der Waals surface area (Å²) in [5.41, 5.74) is 2.50. The van der Waals surface area contributed by atoms with Gasteiger partial charge in [0.05, 0.1) is 5.71 Å². The first-order chi connectivity index (χ1) is 5.79. The quantitative estimate of drug-likeness (QED) is 0.398. The summed E-state index contributed by atoms with van der Waals surface area (Å²) in [5.74, 6) is 0. The Bertz CT molecular complexity index is 294. The van der Waals surface area contributed by atoms with E-state index < -0.39 is 0 Å². The number of anilines is 1. The molecule has 1 rings (SSSR count). The lowest BCUT2D eigenvalue weighted by molar-refractivity contribution is 0.319. The van der Waals surface area contributed by atoms with Gasteiger partial charge in [0.25, 0.3) is 0 Å². The minimum Gasteiger partial charge on any atom is -0.411 e. The SMILES string of the molecule is CNc1ccccc1/C(C)=N/O. The highest BCUT2D eigenvalue weighted by Gasteiger charge is 2.01. The molecule has 0 amide bonds. The Kier molecular flexibility index (Phi) is 2.69. The van der Waals surface area contributed by atoms with Gasteiger partial charge in [-0.1, -0.05) is 23.4 Å². The van der Waals surface area contributed by atoms with Crippen molar-refractivity contribution in [1.29, 1.82) is 0 Å². The first kappa shape index (κ1) is 8.59. The van der Waals surface area contributed by atoms with Gasteiger partial charge in [0.15, 0.2) is 0 Å². The fraction of sp³-hybridized carbons (Fsp3) is 0.222. The van der Waals surface area contributed by atoms with Crippen LogP contribution in [0.25, 0.3) is 0 Å². The summed E-state index contributed by atoms with van der Waals surface area (Å²) in [6.07, 6.45) is 0. The Morgan fingerprint density at radius 1 is 1.42 bits per heavy atom. The zero-order valence-electron chi connectivity index (χ0n) is 7.20. The predicted molar refractivity (Wildman–Crippen MR) is 50.0 cm³/mol. The van der Waals surface area contributed by atoms with E-state index in [1.165, 1.54) is 0 Å². The van der Waals surface area contributed by atoms with Gasteiger partial charge in [-0.15, -0.1) is 0 Å². The van der Waals surface area contributed by atoms with E-state index in [0.717, 1.165) is 11.3 Å². The van der Waals surface area contributed by atoms with Crippen LogP contribution in [0.4, 0.5) is 5.69 Å². The fourth-order valence-electron chi connectivity index (χ4n) is 1.07. The third kappa shape index (κ3) is 1.56. The van der Waals surface area contributed by atoms with Crippen molar-refractivity contribution in [2.75, 3.05) is 12.4 Å². The maximum absolute atomic E-state index is 8.57. The molecule has 3 heteroatoms. The molecule has 0 aliphatic carbocycles. The summed E-state index contributed by atoms with van der Waals surface area (Å²) in [7, 11) is 1.84. The van der Waals surface area contributed by atoms with Crippen LogP contribution in [0.5, 0.6) is 0 Å². The van der Waals surface area contributed by atoms with E-state index in [1.54, 1.807) is 6.92 Å². The summed E-state index contributed by atoms with van der Waals surface area (Å²) >= 11 is 0. The van der Waals surface area contributed by atoms with Crippen LogP contribution in [-0.2, 0) is 0 Å². The summed E-state index contributed by atoms with van der Waals surface area (Å²) < 4.78 is 0. The normalized spacial score (nSPS) is 11.3. The molecule has 0 heterocycles. The molecule has 3 nitrogen and oxygen atoms in total. The van der Waals surface area contributed by atoms with Gasteiger partial charge in [-0.25, -0.2) is 0 Å². The molecule has 0 spiro atoms. The third-order valence-electron chi connectivity index (χ3n) is 1.74. The molecule has 0 radical (unpaired) electrons. The smallest absolute Gasteiger partial charge is 0.0857 e. The van der Waals surface area contributed by atoms with Gasteiger partial charge < -0.3 is 10.5 Å². The van der Waals surface area contributed by atoms with Crippen LogP contribution in [0.15, 0.2) is 29.4 Å². The largest absolute Gasteiger partial charge is 0.411 e. The molecule has 12 heavy (non-hydrogen) atoms. The Balaban J connectivity index is 3.13. The van der Waals surface area contributed by atoms with Crippen molar-refractivity contribution >= 4 is 11.4 Å². The number of para-hydroxylation sites is 1. The Morgan fingerprint density at radius 2 is 2.08 bits per heavy atom. The lowest BCUT2D eigenvalue weighted by Crippen LogP contribution is -2.00. The second kappa shape index (κ2) is 3.76. The lowest BCUT2D eigenvalue weighted by atomic mass is 10.1. The minimum absolute atomic E-state index is 0.611.